The van der Waals surface area contributed by atoms with Crippen molar-refractivity contribution in [2.24, 2.45) is 16.0 Å². The number of benzene rings is 1. The van der Waals surface area contributed by atoms with E-state index in [1.54, 1.807) is 48.6 Å². The fraction of sp³-hybridized carbons (Fsp3) is 0.211. The molecule has 0 bridgehead atoms. The summed E-state index contributed by atoms with van der Waals surface area (Å²) in [7, 11) is 0. The Morgan fingerprint density at radius 1 is 1.22 bits per heavy atom. The van der Waals surface area contributed by atoms with E-state index in [1.807, 2.05) is 0 Å². The van der Waals surface area contributed by atoms with Crippen LogP contribution in [0.5, 0.6) is 0 Å². The third-order valence-corrected chi connectivity index (χ3v) is 5.04. The van der Waals surface area contributed by atoms with Crippen LogP contribution >= 0.6 is 15.9 Å². The van der Waals surface area contributed by atoms with Gasteiger partial charge in [0.05, 0.1) is 12.0 Å². The lowest BCUT2D eigenvalue weighted by Crippen LogP contribution is -2.39. The number of carbonyl (C=O) groups excluding carboxylic acids is 1. The van der Waals surface area contributed by atoms with Gasteiger partial charge in [-0.15, -0.1) is 0 Å². The highest BCUT2D eigenvalue weighted by Gasteiger charge is 2.53. The fourth-order valence-corrected chi connectivity index (χ4v) is 3.89. The Morgan fingerprint density at radius 2 is 1.93 bits per heavy atom. The predicted molar refractivity (Wildman–Crippen MR) is 100 cm³/mol. The Labute approximate surface area is 161 Å². The molecule has 3 aliphatic rings. The van der Waals surface area contributed by atoms with Gasteiger partial charge < -0.3 is 0 Å². The van der Waals surface area contributed by atoms with Crippen molar-refractivity contribution in [3.8, 4) is 0 Å². The molecule has 1 aliphatic carbocycles. The number of hydrazone groups is 1. The first-order chi connectivity index (χ1) is 12.8. The summed E-state index contributed by atoms with van der Waals surface area (Å²) >= 11 is 3.39. The molecule has 4 rings (SSSR count). The molecule has 0 saturated heterocycles. The van der Waals surface area contributed by atoms with Crippen molar-refractivity contribution in [3.63, 3.8) is 0 Å². The zero-order valence-corrected chi connectivity index (χ0v) is 15.6. The highest BCUT2D eigenvalue weighted by atomic mass is 79.9. The smallest absolute Gasteiger partial charge is 0.273 e. The SMILES string of the molecule is CC(=O)N1N=C(C(F)(F)F)C2C1=NC1C=CC(Br)=CC1=C2c1ccccc1. The number of aliphatic imine (C=N–C) groups is 1. The van der Waals surface area contributed by atoms with Gasteiger partial charge in [-0.25, -0.2) is 0 Å². The van der Waals surface area contributed by atoms with Crippen molar-refractivity contribution in [1.82, 2.24) is 5.01 Å². The van der Waals surface area contributed by atoms with Gasteiger partial charge in [-0.3, -0.25) is 9.79 Å². The molecule has 1 amide bonds. The molecule has 2 unspecified atom stereocenters. The molecule has 4 nitrogen and oxygen atoms in total. The summed E-state index contributed by atoms with van der Waals surface area (Å²) in [6.07, 6.45) is 0.668. The molecular formula is C19H13BrF3N3O. The molecule has 8 heteroatoms. The molecule has 0 spiro atoms. The molecule has 2 atom stereocenters. The summed E-state index contributed by atoms with van der Waals surface area (Å²) in [4.78, 5) is 16.4. The number of rotatable bonds is 1. The van der Waals surface area contributed by atoms with Crippen LogP contribution in [0, 0.1) is 5.92 Å². The standard InChI is InChI=1S/C19H13BrF3N3O/c1-10(27)26-18-16(17(25-26)19(21,22)23)15(11-5-3-2-4-6-11)13-9-12(20)7-8-14(13)24-18/h2-9,14,16H,1H3. The van der Waals surface area contributed by atoms with Crippen LogP contribution in [-0.4, -0.2) is 34.7 Å². The van der Waals surface area contributed by atoms with Gasteiger partial charge in [0.25, 0.3) is 0 Å². The Hall–Kier alpha value is -2.48. The molecule has 1 aromatic rings. The van der Waals surface area contributed by atoms with E-state index in [-0.39, 0.29) is 5.84 Å². The zero-order valence-electron chi connectivity index (χ0n) is 14.0. The Kier molecular flexibility index (Phi) is 4.18. The number of amides is 1. The van der Waals surface area contributed by atoms with Crippen LogP contribution in [0.1, 0.15) is 12.5 Å². The van der Waals surface area contributed by atoms with Gasteiger partial charge >= 0.3 is 6.18 Å². The van der Waals surface area contributed by atoms with E-state index in [0.29, 0.717) is 16.7 Å². The number of allylic oxidation sites excluding steroid dienone is 2. The van der Waals surface area contributed by atoms with Crippen LogP contribution < -0.4 is 0 Å². The second-order valence-corrected chi connectivity index (χ2v) is 7.22. The van der Waals surface area contributed by atoms with E-state index in [4.69, 9.17) is 0 Å². The van der Waals surface area contributed by atoms with Gasteiger partial charge in [0.2, 0.25) is 5.91 Å². The van der Waals surface area contributed by atoms with Crippen molar-refractivity contribution in [2.45, 2.75) is 19.1 Å². The van der Waals surface area contributed by atoms with E-state index in [2.05, 4.69) is 26.0 Å². The topological polar surface area (TPSA) is 45.0 Å². The number of dihydropyridines is 1. The first-order valence-corrected chi connectivity index (χ1v) is 8.95. The number of hydrogen-bond donors (Lipinski definition) is 0. The van der Waals surface area contributed by atoms with Crippen molar-refractivity contribution in [2.75, 3.05) is 0 Å². The van der Waals surface area contributed by atoms with Crippen molar-refractivity contribution >= 4 is 39.0 Å². The minimum absolute atomic E-state index is 0.0125. The van der Waals surface area contributed by atoms with Gasteiger partial charge in [0.15, 0.2) is 5.71 Å². The third-order valence-electron chi connectivity index (χ3n) is 4.55. The monoisotopic (exact) mass is 435 g/mol. The van der Waals surface area contributed by atoms with Crippen LogP contribution in [0.15, 0.2) is 68.7 Å². The van der Waals surface area contributed by atoms with Gasteiger partial charge in [0, 0.05) is 11.4 Å². The summed E-state index contributed by atoms with van der Waals surface area (Å²) in [6.45, 7) is 1.18. The van der Waals surface area contributed by atoms with E-state index in [1.165, 1.54) is 6.92 Å². The molecule has 2 aliphatic heterocycles. The van der Waals surface area contributed by atoms with E-state index >= 15 is 0 Å². The molecule has 2 heterocycles. The van der Waals surface area contributed by atoms with Crippen LogP contribution in [0.2, 0.25) is 0 Å². The first kappa shape index (κ1) is 17.9. The van der Waals surface area contributed by atoms with Gasteiger partial charge in [-0.05, 0) is 28.9 Å². The Bertz CT molecular complexity index is 974. The second-order valence-electron chi connectivity index (χ2n) is 6.30. The molecule has 0 radical (unpaired) electrons. The molecule has 0 saturated carbocycles. The number of amidine groups is 1. The maximum absolute atomic E-state index is 13.8. The van der Waals surface area contributed by atoms with Crippen molar-refractivity contribution in [1.29, 1.82) is 0 Å². The number of alkyl halides is 3. The van der Waals surface area contributed by atoms with Crippen LogP contribution in [0.3, 0.4) is 0 Å². The maximum atomic E-state index is 13.8. The number of nitrogens with zero attached hydrogens (tertiary/aromatic N) is 3. The van der Waals surface area contributed by atoms with Crippen molar-refractivity contribution in [3.05, 3.63) is 64.2 Å². The lowest BCUT2D eigenvalue weighted by Gasteiger charge is -2.31. The molecule has 0 aromatic heterocycles. The molecule has 1 aromatic carbocycles. The van der Waals surface area contributed by atoms with E-state index in [9.17, 15) is 18.0 Å². The normalized spacial score (nSPS) is 24.2. The summed E-state index contributed by atoms with van der Waals surface area (Å²) < 4.78 is 42.1. The maximum Gasteiger partial charge on any atom is 0.432 e. The number of hydrogen-bond acceptors (Lipinski definition) is 3. The fourth-order valence-electron chi connectivity index (χ4n) is 3.49. The number of halogens is 4. The third kappa shape index (κ3) is 2.97. The Morgan fingerprint density at radius 3 is 2.56 bits per heavy atom. The lowest BCUT2D eigenvalue weighted by molar-refractivity contribution is -0.125. The predicted octanol–water partition coefficient (Wildman–Crippen LogP) is 4.47. The molecule has 138 valence electrons. The summed E-state index contributed by atoms with van der Waals surface area (Å²) in [5.74, 6) is -1.84. The van der Waals surface area contributed by atoms with Crippen LogP contribution in [-0.2, 0) is 4.79 Å². The minimum atomic E-state index is -4.69. The summed E-state index contributed by atoms with van der Waals surface area (Å²) in [6, 6.07) is 8.37. The zero-order chi connectivity index (χ0) is 19.3. The highest BCUT2D eigenvalue weighted by Crippen LogP contribution is 2.44. The average molecular weight is 436 g/mol. The summed E-state index contributed by atoms with van der Waals surface area (Å²) in [5, 5.41) is 4.38. The first-order valence-electron chi connectivity index (χ1n) is 8.16. The van der Waals surface area contributed by atoms with Gasteiger partial charge in [-0.1, -0.05) is 52.3 Å². The van der Waals surface area contributed by atoms with Gasteiger partial charge in [0.1, 0.15) is 5.84 Å². The molecule has 27 heavy (non-hydrogen) atoms. The van der Waals surface area contributed by atoms with Gasteiger partial charge in [-0.2, -0.15) is 23.3 Å². The summed E-state index contributed by atoms with van der Waals surface area (Å²) in [5.41, 5.74) is 0.739. The quantitative estimate of drug-likeness (QED) is 0.641. The van der Waals surface area contributed by atoms with Crippen molar-refractivity contribution < 1.29 is 18.0 Å². The number of fused-ring (bicyclic) bond motifs is 2. The second kappa shape index (κ2) is 6.30. The number of carbonyl (C=O) groups is 1. The largest absolute Gasteiger partial charge is 0.432 e. The minimum Gasteiger partial charge on any atom is -0.273 e. The Balaban J connectivity index is 1.99. The molecule has 0 fully saturated rings. The highest BCUT2D eigenvalue weighted by molar-refractivity contribution is 9.11. The lowest BCUT2D eigenvalue weighted by atomic mass is 9.79. The average Bonchev–Trinajstić information content (AvgIpc) is 3.00. The molecular weight excluding hydrogens is 423 g/mol. The van der Waals surface area contributed by atoms with E-state index in [0.717, 1.165) is 9.49 Å². The van der Waals surface area contributed by atoms with Crippen LogP contribution in [0.25, 0.3) is 5.57 Å². The molecule has 0 N–H and O–H groups in total. The van der Waals surface area contributed by atoms with E-state index < -0.39 is 29.8 Å². The van der Waals surface area contributed by atoms with Crippen LogP contribution in [0.4, 0.5) is 13.2 Å².